The lowest BCUT2D eigenvalue weighted by molar-refractivity contribution is 0.201. The third kappa shape index (κ3) is 3.50. The summed E-state index contributed by atoms with van der Waals surface area (Å²) < 4.78 is 0. The normalized spacial score (nSPS) is 38.1. The molecule has 0 radical (unpaired) electrons. The second-order valence-electron chi connectivity index (χ2n) is 6.89. The smallest absolute Gasteiger partial charge is 0.0235 e. The second kappa shape index (κ2) is 6.55. The van der Waals surface area contributed by atoms with E-state index in [1.807, 2.05) is 0 Å². The van der Waals surface area contributed by atoms with Crippen molar-refractivity contribution < 1.29 is 0 Å². The van der Waals surface area contributed by atoms with E-state index in [-0.39, 0.29) is 0 Å². The summed E-state index contributed by atoms with van der Waals surface area (Å²) in [5.41, 5.74) is 0. The minimum Gasteiger partial charge on any atom is -0.313 e. The Morgan fingerprint density at radius 3 is 2.74 bits per heavy atom. The maximum Gasteiger partial charge on any atom is 0.0235 e. The van der Waals surface area contributed by atoms with E-state index in [4.69, 9.17) is 0 Å². The predicted molar refractivity (Wildman–Crippen MR) is 80.5 cm³/mol. The van der Waals surface area contributed by atoms with Crippen LogP contribution in [0, 0.1) is 5.92 Å². The van der Waals surface area contributed by atoms with Gasteiger partial charge in [-0.1, -0.05) is 13.3 Å². The quantitative estimate of drug-likeness (QED) is 0.838. The summed E-state index contributed by atoms with van der Waals surface area (Å²) in [6.07, 6.45) is 8.43. The third-order valence-electron chi connectivity index (χ3n) is 5.56. The lowest BCUT2D eigenvalue weighted by Crippen LogP contribution is -2.46. The molecule has 3 unspecified atom stereocenters. The minimum absolute atomic E-state index is 0.760. The van der Waals surface area contributed by atoms with E-state index in [0.29, 0.717) is 0 Å². The highest BCUT2D eigenvalue weighted by atomic mass is 15.3. The van der Waals surface area contributed by atoms with Crippen molar-refractivity contribution in [3.8, 4) is 0 Å². The molecule has 3 nitrogen and oxygen atoms in total. The van der Waals surface area contributed by atoms with Gasteiger partial charge in [0.15, 0.2) is 0 Å². The summed E-state index contributed by atoms with van der Waals surface area (Å²) in [6.45, 7) is 10.3. The van der Waals surface area contributed by atoms with Crippen molar-refractivity contribution in [1.29, 1.82) is 0 Å². The van der Waals surface area contributed by atoms with Crippen LogP contribution in [-0.2, 0) is 0 Å². The highest BCUT2D eigenvalue weighted by Crippen LogP contribution is 2.23. The van der Waals surface area contributed by atoms with Crippen molar-refractivity contribution >= 4 is 0 Å². The van der Waals surface area contributed by atoms with Crippen LogP contribution >= 0.6 is 0 Å². The fourth-order valence-electron chi connectivity index (χ4n) is 4.30. The summed E-state index contributed by atoms with van der Waals surface area (Å²) >= 11 is 0. The highest BCUT2D eigenvalue weighted by Gasteiger charge is 2.31. The number of hydrogen-bond acceptors (Lipinski definition) is 3. The lowest BCUT2D eigenvalue weighted by Gasteiger charge is -2.33. The molecule has 0 aliphatic carbocycles. The van der Waals surface area contributed by atoms with E-state index in [2.05, 4.69) is 22.0 Å². The topological polar surface area (TPSA) is 18.5 Å². The van der Waals surface area contributed by atoms with E-state index in [9.17, 15) is 0 Å². The van der Waals surface area contributed by atoms with Gasteiger partial charge in [0.25, 0.3) is 0 Å². The van der Waals surface area contributed by atoms with E-state index in [1.165, 1.54) is 77.8 Å². The van der Waals surface area contributed by atoms with Crippen molar-refractivity contribution in [1.82, 2.24) is 15.1 Å². The van der Waals surface area contributed by atoms with Crippen LogP contribution in [0.4, 0.5) is 0 Å². The molecule has 0 aromatic heterocycles. The molecule has 3 rings (SSSR count). The molecule has 3 atom stereocenters. The van der Waals surface area contributed by atoms with Gasteiger partial charge in [-0.2, -0.15) is 0 Å². The molecule has 0 aromatic rings. The van der Waals surface area contributed by atoms with Crippen LogP contribution in [0.5, 0.6) is 0 Å². The minimum atomic E-state index is 0.760. The van der Waals surface area contributed by atoms with Crippen molar-refractivity contribution in [3.63, 3.8) is 0 Å². The molecule has 3 heterocycles. The largest absolute Gasteiger partial charge is 0.313 e. The van der Waals surface area contributed by atoms with Gasteiger partial charge in [-0.05, 0) is 64.2 Å². The fraction of sp³-hybridized carbons (Fsp3) is 1.00. The van der Waals surface area contributed by atoms with Crippen LogP contribution in [0.1, 0.15) is 45.4 Å². The Bertz CT molecular complexity index is 275. The maximum absolute atomic E-state index is 3.74. The average Bonchev–Trinajstić information content (AvgIpc) is 3.09. The first-order valence-corrected chi connectivity index (χ1v) is 8.55. The Balaban J connectivity index is 1.43. The molecule has 110 valence electrons. The van der Waals surface area contributed by atoms with Crippen LogP contribution in [0.25, 0.3) is 0 Å². The van der Waals surface area contributed by atoms with Crippen molar-refractivity contribution in [2.24, 2.45) is 5.92 Å². The van der Waals surface area contributed by atoms with Crippen molar-refractivity contribution in [2.45, 2.75) is 57.5 Å². The van der Waals surface area contributed by atoms with Gasteiger partial charge in [-0.15, -0.1) is 0 Å². The van der Waals surface area contributed by atoms with Gasteiger partial charge < -0.3 is 10.2 Å². The summed E-state index contributed by atoms with van der Waals surface area (Å²) in [7, 11) is 0. The van der Waals surface area contributed by atoms with Gasteiger partial charge in [0.05, 0.1) is 0 Å². The van der Waals surface area contributed by atoms with Crippen LogP contribution < -0.4 is 5.32 Å². The van der Waals surface area contributed by atoms with Gasteiger partial charge in [0, 0.05) is 25.2 Å². The molecule has 0 amide bonds. The average molecular weight is 265 g/mol. The molecular weight excluding hydrogens is 234 g/mol. The van der Waals surface area contributed by atoms with E-state index < -0.39 is 0 Å². The molecule has 3 aliphatic rings. The Morgan fingerprint density at radius 1 is 1.11 bits per heavy atom. The molecule has 0 bridgehead atoms. The number of hydrogen-bond donors (Lipinski definition) is 1. The number of likely N-dealkylation sites (tertiary alicyclic amines) is 2. The Morgan fingerprint density at radius 2 is 1.95 bits per heavy atom. The first kappa shape index (κ1) is 13.8. The summed E-state index contributed by atoms with van der Waals surface area (Å²) in [5, 5.41) is 3.74. The van der Waals surface area contributed by atoms with Gasteiger partial charge in [0.1, 0.15) is 0 Å². The number of nitrogens with one attached hydrogen (secondary N) is 1. The zero-order valence-electron chi connectivity index (χ0n) is 12.6. The molecule has 3 aliphatic heterocycles. The van der Waals surface area contributed by atoms with Crippen LogP contribution in [0.2, 0.25) is 0 Å². The van der Waals surface area contributed by atoms with Gasteiger partial charge in [0.2, 0.25) is 0 Å². The van der Waals surface area contributed by atoms with E-state index in [0.717, 1.165) is 18.0 Å². The fourth-order valence-corrected chi connectivity index (χ4v) is 4.30. The molecule has 0 aromatic carbocycles. The molecule has 3 heteroatoms. The van der Waals surface area contributed by atoms with Crippen LogP contribution in [0.3, 0.4) is 0 Å². The standard InChI is InChI=1S/C16H31N3/c1-2-14-5-7-17-15(11-14)12-18-10-6-16(13-18)19-8-3-4-9-19/h14-17H,2-13H2,1H3. The second-order valence-corrected chi connectivity index (χ2v) is 6.89. The maximum atomic E-state index is 3.74. The molecule has 1 N–H and O–H groups in total. The molecule has 3 saturated heterocycles. The van der Waals surface area contributed by atoms with E-state index >= 15 is 0 Å². The Labute approximate surface area is 118 Å². The van der Waals surface area contributed by atoms with Gasteiger partial charge in [-0.25, -0.2) is 0 Å². The predicted octanol–water partition coefficient (Wildman–Crippen LogP) is 1.93. The van der Waals surface area contributed by atoms with Crippen LogP contribution in [0.15, 0.2) is 0 Å². The van der Waals surface area contributed by atoms with Gasteiger partial charge in [-0.3, -0.25) is 4.90 Å². The van der Waals surface area contributed by atoms with Gasteiger partial charge >= 0.3 is 0 Å². The summed E-state index contributed by atoms with van der Waals surface area (Å²) in [6, 6.07) is 1.63. The molecule has 0 spiro atoms. The SMILES string of the molecule is CCC1CCNC(CN2CCC(N3CCCC3)C2)C1. The molecule has 0 saturated carbocycles. The molecular formula is C16H31N3. The Kier molecular flexibility index (Phi) is 4.78. The lowest BCUT2D eigenvalue weighted by atomic mass is 9.90. The zero-order chi connectivity index (χ0) is 13.1. The monoisotopic (exact) mass is 265 g/mol. The number of piperidine rings is 1. The molecule has 19 heavy (non-hydrogen) atoms. The molecule has 3 fully saturated rings. The Hall–Kier alpha value is -0.120. The zero-order valence-corrected chi connectivity index (χ0v) is 12.6. The first-order valence-electron chi connectivity index (χ1n) is 8.55. The number of rotatable bonds is 4. The first-order chi connectivity index (χ1) is 9.35. The van der Waals surface area contributed by atoms with E-state index in [1.54, 1.807) is 0 Å². The summed E-state index contributed by atoms with van der Waals surface area (Å²) in [5.74, 6) is 0.975. The third-order valence-corrected chi connectivity index (χ3v) is 5.56. The highest BCUT2D eigenvalue weighted by molar-refractivity contribution is 4.88. The number of nitrogens with zero attached hydrogens (tertiary/aromatic N) is 2. The van der Waals surface area contributed by atoms with Crippen LogP contribution in [-0.4, -0.2) is 61.2 Å². The summed E-state index contributed by atoms with van der Waals surface area (Å²) in [4.78, 5) is 5.46. The van der Waals surface area contributed by atoms with Crippen molar-refractivity contribution in [3.05, 3.63) is 0 Å². The van der Waals surface area contributed by atoms with Crippen molar-refractivity contribution in [2.75, 3.05) is 39.3 Å².